The number of nitrogens with two attached hydrogens (primary N) is 1. The molecular formula is C6H8N6O3S. The number of aromatic nitrogens is 5. The molecular weight excluding hydrogens is 236 g/mol. The summed E-state index contributed by atoms with van der Waals surface area (Å²) in [4.78, 5) is 19.1. The van der Waals surface area contributed by atoms with Crippen molar-refractivity contribution in [2.45, 2.75) is 12.1 Å². The number of primary sulfonamides is 1. The van der Waals surface area contributed by atoms with Crippen LogP contribution >= 0.6 is 0 Å². The van der Waals surface area contributed by atoms with Crippen LogP contribution in [0.15, 0.2) is 9.95 Å². The first kappa shape index (κ1) is 10.7. The van der Waals surface area contributed by atoms with Crippen LogP contribution in [0.4, 0.5) is 0 Å². The molecule has 0 aromatic carbocycles. The standard InChI is InChI=1S/C6H8N6O3S/c1-3-8-4-9-5(16(7,14)15)10-12(4)6(13)11(3)2/h1-2H3,(H2,7,14,15). The van der Waals surface area contributed by atoms with E-state index in [1.165, 1.54) is 11.6 Å². The van der Waals surface area contributed by atoms with Gasteiger partial charge in [-0.25, -0.2) is 18.4 Å². The molecule has 0 aliphatic heterocycles. The highest BCUT2D eigenvalue weighted by Gasteiger charge is 2.18. The third kappa shape index (κ3) is 1.47. The van der Waals surface area contributed by atoms with Gasteiger partial charge in [0.2, 0.25) is 0 Å². The van der Waals surface area contributed by atoms with Crippen LogP contribution in [-0.4, -0.2) is 32.6 Å². The molecule has 2 aromatic rings. The Bertz CT molecular complexity index is 727. The largest absolute Gasteiger partial charge is 0.353 e. The van der Waals surface area contributed by atoms with Crippen LogP contribution in [0.3, 0.4) is 0 Å². The second-order valence-corrected chi connectivity index (χ2v) is 4.61. The number of fused-ring (bicyclic) bond motifs is 1. The van der Waals surface area contributed by atoms with Gasteiger partial charge in [0.1, 0.15) is 5.82 Å². The Labute approximate surface area is 89.6 Å². The third-order valence-electron chi connectivity index (χ3n) is 2.04. The number of rotatable bonds is 1. The third-order valence-corrected chi connectivity index (χ3v) is 2.72. The molecule has 0 saturated carbocycles. The van der Waals surface area contributed by atoms with Gasteiger partial charge >= 0.3 is 5.69 Å². The number of sulfonamides is 1. The van der Waals surface area contributed by atoms with Crippen molar-refractivity contribution in [3.63, 3.8) is 0 Å². The molecule has 0 spiro atoms. The van der Waals surface area contributed by atoms with Gasteiger partial charge in [0.25, 0.3) is 21.0 Å². The summed E-state index contributed by atoms with van der Waals surface area (Å²) >= 11 is 0. The van der Waals surface area contributed by atoms with E-state index in [-0.39, 0.29) is 5.78 Å². The molecule has 0 amide bonds. The zero-order chi connectivity index (χ0) is 12.1. The summed E-state index contributed by atoms with van der Waals surface area (Å²) in [6.45, 7) is 1.59. The maximum Gasteiger partial charge on any atom is 0.353 e. The second kappa shape index (κ2) is 3.09. The Morgan fingerprint density at radius 3 is 2.50 bits per heavy atom. The van der Waals surface area contributed by atoms with Gasteiger partial charge in [0, 0.05) is 7.05 Å². The molecule has 2 heterocycles. The van der Waals surface area contributed by atoms with Crippen LogP contribution in [-0.2, 0) is 17.1 Å². The molecule has 0 atom stereocenters. The summed E-state index contributed by atoms with van der Waals surface area (Å²) in [6, 6.07) is 0. The van der Waals surface area contributed by atoms with E-state index in [9.17, 15) is 13.2 Å². The van der Waals surface area contributed by atoms with Crippen molar-refractivity contribution >= 4 is 15.8 Å². The fourth-order valence-corrected chi connectivity index (χ4v) is 1.51. The Kier molecular flexibility index (Phi) is 2.07. The van der Waals surface area contributed by atoms with Crippen LogP contribution < -0.4 is 10.8 Å². The predicted octanol–water partition coefficient (Wildman–Crippen LogP) is -2.22. The Balaban J connectivity index is 2.93. The molecule has 0 unspecified atom stereocenters. The predicted molar refractivity (Wildman–Crippen MR) is 52.1 cm³/mol. The Hall–Kier alpha value is -1.81. The molecule has 0 saturated heterocycles. The molecule has 0 aliphatic carbocycles. The van der Waals surface area contributed by atoms with E-state index in [0.717, 1.165) is 4.52 Å². The average Bonchev–Trinajstić information content (AvgIpc) is 2.57. The van der Waals surface area contributed by atoms with Crippen LogP contribution in [0, 0.1) is 6.92 Å². The molecule has 0 aliphatic rings. The zero-order valence-corrected chi connectivity index (χ0v) is 9.26. The van der Waals surface area contributed by atoms with Crippen molar-refractivity contribution in [3.8, 4) is 0 Å². The average molecular weight is 244 g/mol. The summed E-state index contributed by atoms with van der Waals surface area (Å²) in [5.41, 5.74) is -0.537. The van der Waals surface area contributed by atoms with Gasteiger partial charge in [-0.3, -0.25) is 4.57 Å². The summed E-state index contributed by atoms with van der Waals surface area (Å²) in [6.07, 6.45) is 0. The van der Waals surface area contributed by atoms with Crippen LogP contribution in [0.25, 0.3) is 5.78 Å². The lowest BCUT2D eigenvalue weighted by atomic mass is 10.6. The second-order valence-electron chi connectivity index (χ2n) is 3.15. The maximum atomic E-state index is 11.6. The Morgan fingerprint density at radius 1 is 1.31 bits per heavy atom. The molecule has 2 rings (SSSR count). The monoisotopic (exact) mass is 244 g/mol. The van der Waals surface area contributed by atoms with Crippen molar-refractivity contribution in [2.75, 3.05) is 0 Å². The van der Waals surface area contributed by atoms with Crippen molar-refractivity contribution in [3.05, 3.63) is 16.3 Å². The smallest absolute Gasteiger partial charge is 0.283 e. The van der Waals surface area contributed by atoms with Gasteiger partial charge in [-0.15, -0.1) is 9.61 Å². The molecule has 0 fully saturated rings. The fourth-order valence-electron chi connectivity index (χ4n) is 1.11. The molecule has 2 aromatic heterocycles. The summed E-state index contributed by atoms with van der Waals surface area (Å²) in [7, 11) is -2.55. The van der Waals surface area contributed by atoms with Gasteiger partial charge in [-0.05, 0) is 6.92 Å². The lowest BCUT2D eigenvalue weighted by Crippen LogP contribution is -2.28. The first-order chi connectivity index (χ1) is 7.30. The Morgan fingerprint density at radius 2 is 1.94 bits per heavy atom. The van der Waals surface area contributed by atoms with Crippen molar-refractivity contribution in [2.24, 2.45) is 12.2 Å². The van der Waals surface area contributed by atoms with E-state index in [2.05, 4.69) is 15.1 Å². The summed E-state index contributed by atoms with van der Waals surface area (Å²) < 4.78 is 24.0. The minimum Gasteiger partial charge on any atom is -0.283 e. The molecule has 16 heavy (non-hydrogen) atoms. The first-order valence-electron chi connectivity index (χ1n) is 4.14. The topological polar surface area (TPSA) is 125 Å². The van der Waals surface area contributed by atoms with Gasteiger partial charge in [0.15, 0.2) is 0 Å². The number of hydrogen-bond acceptors (Lipinski definition) is 6. The summed E-state index contributed by atoms with van der Waals surface area (Å²) in [5.74, 6) is 0.301. The van der Waals surface area contributed by atoms with E-state index in [4.69, 9.17) is 5.14 Å². The summed E-state index contributed by atoms with van der Waals surface area (Å²) in [5, 5.41) is 7.70. The van der Waals surface area contributed by atoms with Crippen molar-refractivity contribution in [1.82, 2.24) is 24.1 Å². The lowest BCUT2D eigenvalue weighted by Gasteiger charge is -1.99. The van der Waals surface area contributed by atoms with Crippen molar-refractivity contribution in [1.29, 1.82) is 0 Å². The SMILES string of the molecule is Cc1nc2nc(S(N)(=O)=O)nn2c(=O)n1C. The van der Waals surface area contributed by atoms with E-state index in [1.54, 1.807) is 6.92 Å². The van der Waals surface area contributed by atoms with Crippen LogP contribution in [0.2, 0.25) is 0 Å². The van der Waals surface area contributed by atoms with Gasteiger partial charge in [-0.2, -0.15) is 9.97 Å². The van der Waals surface area contributed by atoms with Gasteiger partial charge in [-0.1, -0.05) is 0 Å². The van der Waals surface area contributed by atoms with E-state index in [0.29, 0.717) is 5.82 Å². The molecule has 0 radical (unpaired) electrons. The minimum absolute atomic E-state index is 0.0929. The van der Waals surface area contributed by atoms with E-state index in [1.807, 2.05) is 0 Å². The molecule has 10 heteroatoms. The molecule has 0 bridgehead atoms. The van der Waals surface area contributed by atoms with E-state index >= 15 is 0 Å². The normalized spacial score (nSPS) is 12.2. The van der Waals surface area contributed by atoms with Crippen LogP contribution in [0.1, 0.15) is 5.82 Å². The van der Waals surface area contributed by atoms with E-state index < -0.39 is 20.9 Å². The molecule has 86 valence electrons. The number of hydrogen-bond donors (Lipinski definition) is 1. The highest BCUT2D eigenvalue weighted by atomic mass is 32.2. The molecule has 2 N–H and O–H groups in total. The maximum absolute atomic E-state index is 11.6. The first-order valence-corrected chi connectivity index (χ1v) is 5.68. The van der Waals surface area contributed by atoms with Gasteiger partial charge in [0.05, 0.1) is 0 Å². The van der Waals surface area contributed by atoms with Crippen molar-refractivity contribution < 1.29 is 8.42 Å². The fraction of sp³-hybridized carbons (Fsp3) is 0.333. The number of aryl methyl sites for hydroxylation is 1. The zero-order valence-electron chi connectivity index (χ0n) is 8.45. The highest BCUT2D eigenvalue weighted by Crippen LogP contribution is 2.00. The highest BCUT2D eigenvalue weighted by molar-refractivity contribution is 7.89. The molecule has 9 nitrogen and oxygen atoms in total. The minimum atomic E-state index is -4.04. The number of nitrogens with zero attached hydrogens (tertiary/aromatic N) is 5. The lowest BCUT2D eigenvalue weighted by molar-refractivity contribution is 0.587. The van der Waals surface area contributed by atoms with Gasteiger partial charge < -0.3 is 0 Å². The van der Waals surface area contributed by atoms with Crippen LogP contribution in [0.5, 0.6) is 0 Å². The quantitative estimate of drug-likeness (QED) is 0.605.